The van der Waals surface area contributed by atoms with Crippen molar-refractivity contribution in [1.82, 2.24) is 0 Å². The first-order valence-electron chi connectivity index (χ1n) is 5.70. The van der Waals surface area contributed by atoms with Crippen LogP contribution < -0.4 is 0 Å². The topological polar surface area (TPSA) is 60.4 Å². The summed E-state index contributed by atoms with van der Waals surface area (Å²) in [6.07, 6.45) is 0. The van der Waals surface area contributed by atoms with Gasteiger partial charge in [-0.05, 0) is 41.9 Å². The van der Waals surface area contributed by atoms with Crippen LogP contribution in [0.3, 0.4) is 0 Å². The number of hydrogen-bond donors (Lipinski definition) is 0. The molecule has 1 aromatic heterocycles. The van der Waals surface area contributed by atoms with Crippen molar-refractivity contribution in [2.45, 2.75) is 27.7 Å². The van der Waals surface area contributed by atoms with Crippen molar-refractivity contribution < 1.29 is 19.1 Å². The molecule has 4 nitrogen and oxygen atoms in total. The second-order valence-electron chi connectivity index (χ2n) is 3.13. The number of methoxy groups -OCH3 is 1. The van der Waals surface area contributed by atoms with Crippen molar-refractivity contribution in [3.8, 4) is 0 Å². The van der Waals surface area contributed by atoms with Crippen molar-refractivity contribution in [3.05, 3.63) is 20.8 Å². The van der Waals surface area contributed by atoms with Crippen LogP contribution in [0.25, 0.3) is 0 Å². The summed E-state index contributed by atoms with van der Waals surface area (Å²) in [5.41, 5.74) is 0. The number of hydrogen-bond acceptors (Lipinski definition) is 5. The van der Waals surface area contributed by atoms with E-state index in [2.05, 4.69) is 20.7 Å². The molecule has 1 aromatic rings. The van der Waals surface area contributed by atoms with Crippen molar-refractivity contribution in [2.24, 2.45) is 5.92 Å². The predicted molar refractivity (Wildman–Crippen MR) is 80.6 cm³/mol. The van der Waals surface area contributed by atoms with E-state index in [1.807, 2.05) is 19.9 Å². The molecule has 19 heavy (non-hydrogen) atoms. The van der Waals surface area contributed by atoms with E-state index in [1.165, 1.54) is 25.4 Å². The van der Waals surface area contributed by atoms with E-state index >= 15 is 0 Å². The average Bonchev–Trinajstić information content (AvgIpc) is 2.86. The molecule has 0 bridgehead atoms. The molecule has 0 fully saturated rings. The van der Waals surface area contributed by atoms with Gasteiger partial charge in [-0.2, -0.15) is 0 Å². The third-order valence-corrected chi connectivity index (χ3v) is 3.55. The quantitative estimate of drug-likeness (QED) is 0.471. The summed E-state index contributed by atoms with van der Waals surface area (Å²) in [7, 11) is 1.31. The SMILES string of the molecule is CC.CC(=O)C(C)C(=O)c1ccc(Br)s1.COC=O. The Bertz CT molecular complexity index is 401. The van der Waals surface area contributed by atoms with Crippen LogP contribution in [0.2, 0.25) is 0 Å². The number of carbonyl (C=O) groups excluding carboxylic acids is 3. The number of ketones is 2. The van der Waals surface area contributed by atoms with Crippen LogP contribution >= 0.6 is 27.3 Å². The van der Waals surface area contributed by atoms with Gasteiger partial charge in [-0.15, -0.1) is 11.3 Å². The Hall–Kier alpha value is -1.01. The largest absolute Gasteiger partial charge is 0.471 e. The summed E-state index contributed by atoms with van der Waals surface area (Å²) in [4.78, 5) is 32.1. The monoisotopic (exact) mass is 350 g/mol. The van der Waals surface area contributed by atoms with Gasteiger partial charge in [0.1, 0.15) is 5.78 Å². The third kappa shape index (κ3) is 8.67. The van der Waals surface area contributed by atoms with Crippen LogP contribution in [-0.4, -0.2) is 25.1 Å². The van der Waals surface area contributed by atoms with Crippen LogP contribution in [0.4, 0.5) is 0 Å². The van der Waals surface area contributed by atoms with Crippen molar-refractivity contribution in [2.75, 3.05) is 7.11 Å². The first-order chi connectivity index (χ1) is 8.93. The lowest BCUT2D eigenvalue weighted by atomic mass is 10.0. The Morgan fingerprint density at radius 3 is 2.11 bits per heavy atom. The molecule has 0 saturated carbocycles. The maximum Gasteiger partial charge on any atom is 0.292 e. The zero-order chi connectivity index (χ0) is 15.4. The highest BCUT2D eigenvalue weighted by molar-refractivity contribution is 9.11. The zero-order valence-corrected chi connectivity index (χ0v) is 14.1. The molecule has 108 valence electrons. The summed E-state index contributed by atoms with van der Waals surface area (Å²) in [6, 6.07) is 3.54. The number of rotatable bonds is 4. The third-order valence-electron chi connectivity index (χ3n) is 1.92. The Labute approximate surface area is 126 Å². The van der Waals surface area contributed by atoms with E-state index in [0.717, 1.165) is 3.79 Å². The van der Waals surface area contributed by atoms with Crippen LogP contribution in [0, 0.1) is 5.92 Å². The fourth-order valence-corrected chi connectivity index (χ4v) is 2.26. The summed E-state index contributed by atoms with van der Waals surface area (Å²) in [5.74, 6) is -0.705. The van der Waals surface area contributed by atoms with Gasteiger partial charge in [0.2, 0.25) is 0 Å². The molecule has 6 heteroatoms. The highest BCUT2D eigenvalue weighted by Crippen LogP contribution is 2.24. The molecule has 1 unspecified atom stereocenters. The van der Waals surface area contributed by atoms with E-state index in [1.54, 1.807) is 13.0 Å². The molecular formula is C13H19BrO4S. The highest BCUT2D eigenvalue weighted by atomic mass is 79.9. The first-order valence-corrected chi connectivity index (χ1v) is 7.31. The molecule has 0 aromatic carbocycles. The minimum Gasteiger partial charge on any atom is -0.471 e. The molecule has 0 saturated heterocycles. The van der Waals surface area contributed by atoms with Crippen molar-refractivity contribution in [1.29, 1.82) is 0 Å². The summed E-state index contributed by atoms with van der Waals surface area (Å²) in [5, 5.41) is 0. The summed E-state index contributed by atoms with van der Waals surface area (Å²) < 4.78 is 4.77. The zero-order valence-electron chi connectivity index (χ0n) is 11.7. The minimum atomic E-state index is -0.523. The molecule has 1 rings (SSSR count). The molecule has 0 spiro atoms. The standard InChI is InChI=1S/C9H9BrO2S.C2H4O2.C2H6/c1-5(6(2)11)9(12)7-3-4-8(10)13-7;1-4-2-3;1-2/h3-5H,1-2H3;2H,1H3;1-2H3. The van der Waals surface area contributed by atoms with E-state index < -0.39 is 5.92 Å². The smallest absolute Gasteiger partial charge is 0.292 e. The van der Waals surface area contributed by atoms with Gasteiger partial charge in [0.15, 0.2) is 5.78 Å². The number of halogens is 1. The second kappa shape index (κ2) is 12.0. The summed E-state index contributed by atoms with van der Waals surface area (Å²) in [6.45, 7) is 7.45. The Balaban J connectivity index is 0. The molecule has 0 aliphatic carbocycles. The Morgan fingerprint density at radius 1 is 1.37 bits per heavy atom. The lowest BCUT2D eigenvalue weighted by Crippen LogP contribution is -2.17. The Kier molecular flexibility index (Phi) is 12.9. The van der Waals surface area contributed by atoms with Gasteiger partial charge >= 0.3 is 0 Å². The number of Topliss-reactive ketones (excluding diaryl/α,β-unsaturated/α-hetero) is 2. The van der Waals surface area contributed by atoms with Crippen molar-refractivity contribution >= 4 is 45.3 Å². The molecule has 0 N–H and O–H groups in total. The lowest BCUT2D eigenvalue weighted by Gasteiger charge is -2.02. The molecule has 0 amide bonds. The van der Waals surface area contributed by atoms with Crippen LogP contribution in [0.15, 0.2) is 15.9 Å². The fraction of sp³-hybridized carbons (Fsp3) is 0.462. The van der Waals surface area contributed by atoms with Crippen LogP contribution in [-0.2, 0) is 14.3 Å². The van der Waals surface area contributed by atoms with Gasteiger partial charge in [0, 0.05) is 0 Å². The van der Waals surface area contributed by atoms with E-state index in [0.29, 0.717) is 11.3 Å². The van der Waals surface area contributed by atoms with Gasteiger partial charge in [0.05, 0.1) is 21.7 Å². The van der Waals surface area contributed by atoms with Crippen LogP contribution in [0.5, 0.6) is 0 Å². The van der Waals surface area contributed by atoms with Gasteiger partial charge < -0.3 is 4.74 Å². The van der Waals surface area contributed by atoms with Crippen molar-refractivity contribution in [3.63, 3.8) is 0 Å². The molecular weight excluding hydrogens is 332 g/mol. The molecule has 1 heterocycles. The normalized spacial score (nSPS) is 10.0. The predicted octanol–water partition coefficient (Wildman–Crippen LogP) is 3.73. The van der Waals surface area contributed by atoms with Gasteiger partial charge in [-0.1, -0.05) is 13.8 Å². The highest BCUT2D eigenvalue weighted by Gasteiger charge is 2.20. The second-order valence-corrected chi connectivity index (χ2v) is 5.60. The fourth-order valence-electron chi connectivity index (χ4n) is 0.845. The minimum absolute atomic E-state index is 0.0884. The maximum absolute atomic E-state index is 11.6. The number of ether oxygens (including phenoxy) is 1. The Morgan fingerprint density at radius 2 is 1.84 bits per heavy atom. The molecule has 0 aliphatic rings. The lowest BCUT2D eigenvalue weighted by molar-refractivity contribution is -0.126. The molecule has 0 aliphatic heterocycles. The molecule has 1 atom stereocenters. The van der Waals surface area contributed by atoms with Gasteiger partial charge in [0.25, 0.3) is 6.47 Å². The van der Waals surface area contributed by atoms with E-state index in [-0.39, 0.29) is 11.6 Å². The maximum atomic E-state index is 11.6. The summed E-state index contributed by atoms with van der Waals surface area (Å²) >= 11 is 4.62. The van der Waals surface area contributed by atoms with Crippen LogP contribution in [0.1, 0.15) is 37.4 Å². The van der Waals surface area contributed by atoms with E-state index in [4.69, 9.17) is 4.79 Å². The number of carbonyl (C=O) groups is 3. The number of thiophene rings is 1. The van der Waals surface area contributed by atoms with Gasteiger partial charge in [-0.25, -0.2) is 0 Å². The average molecular weight is 351 g/mol. The van der Waals surface area contributed by atoms with Gasteiger partial charge in [-0.3, -0.25) is 14.4 Å². The van der Waals surface area contributed by atoms with E-state index in [9.17, 15) is 9.59 Å². The first kappa shape index (κ1) is 20.3. The molecule has 0 radical (unpaired) electrons.